The molecule has 0 unspecified atom stereocenters. The summed E-state index contributed by atoms with van der Waals surface area (Å²) >= 11 is 5.20. The van der Waals surface area contributed by atoms with Crippen molar-refractivity contribution in [1.82, 2.24) is 15.1 Å². The van der Waals surface area contributed by atoms with Crippen LogP contribution in [0.3, 0.4) is 0 Å². The Labute approximate surface area is 151 Å². The summed E-state index contributed by atoms with van der Waals surface area (Å²) in [6.45, 7) is 1.88. The third-order valence-corrected chi connectivity index (χ3v) is 4.03. The molecule has 0 saturated carbocycles. The standard InChI is InChI=1S/C19H18N4OS/c1-13-12-17(22-23(13)2)18(24)21-19(25)20-16-10-8-15(9-11-16)14-6-4-3-5-7-14/h3-12H,1-2H3,(H2,20,21,24,25). The van der Waals surface area contributed by atoms with E-state index in [-0.39, 0.29) is 11.0 Å². The van der Waals surface area contributed by atoms with Gasteiger partial charge in [0.1, 0.15) is 0 Å². The molecule has 0 atom stereocenters. The first-order valence-electron chi connectivity index (χ1n) is 7.81. The van der Waals surface area contributed by atoms with Crippen LogP contribution in [0.2, 0.25) is 0 Å². The largest absolute Gasteiger partial charge is 0.332 e. The molecule has 1 aromatic heterocycles. The zero-order valence-electron chi connectivity index (χ0n) is 14.0. The number of aryl methyl sites for hydroxylation is 2. The van der Waals surface area contributed by atoms with E-state index in [4.69, 9.17) is 12.2 Å². The Morgan fingerprint density at radius 2 is 1.68 bits per heavy atom. The van der Waals surface area contributed by atoms with Gasteiger partial charge in [0.25, 0.3) is 5.91 Å². The van der Waals surface area contributed by atoms with E-state index >= 15 is 0 Å². The Morgan fingerprint density at radius 3 is 2.28 bits per heavy atom. The van der Waals surface area contributed by atoms with Gasteiger partial charge in [-0.05, 0) is 48.5 Å². The van der Waals surface area contributed by atoms with Crippen LogP contribution in [0.5, 0.6) is 0 Å². The minimum absolute atomic E-state index is 0.237. The first-order valence-corrected chi connectivity index (χ1v) is 8.22. The van der Waals surface area contributed by atoms with Gasteiger partial charge < -0.3 is 5.32 Å². The van der Waals surface area contributed by atoms with Crippen molar-refractivity contribution in [3.05, 3.63) is 72.1 Å². The molecule has 0 bridgehead atoms. The van der Waals surface area contributed by atoms with Crippen molar-refractivity contribution in [3.8, 4) is 11.1 Å². The lowest BCUT2D eigenvalue weighted by molar-refractivity contribution is 0.0972. The van der Waals surface area contributed by atoms with Gasteiger partial charge in [0.05, 0.1) is 0 Å². The average molecular weight is 350 g/mol. The Morgan fingerprint density at radius 1 is 1.04 bits per heavy atom. The predicted octanol–water partition coefficient (Wildman–Crippen LogP) is 3.52. The van der Waals surface area contributed by atoms with Crippen LogP contribution in [-0.4, -0.2) is 20.8 Å². The van der Waals surface area contributed by atoms with E-state index in [1.165, 1.54) is 0 Å². The van der Waals surface area contributed by atoms with Crippen molar-refractivity contribution < 1.29 is 4.79 Å². The fraction of sp³-hybridized carbons (Fsp3) is 0.105. The summed E-state index contributed by atoms with van der Waals surface area (Å²) in [5.41, 5.74) is 4.31. The van der Waals surface area contributed by atoms with Crippen molar-refractivity contribution in [1.29, 1.82) is 0 Å². The number of benzene rings is 2. The van der Waals surface area contributed by atoms with E-state index in [9.17, 15) is 4.79 Å². The van der Waals surface area contributed by atoms with E-state index in [1.807, 2.05) is 49.4 Å². The number of rotatable bonds is 3. The van der Waals surface area contributed by atoms with Gasteiger partial charge >= 0.3 is 0 Å². The molecular formula is C19H18N4OS. The van der Waals surface area contributed by atoms with Gasteiger partial charge in [-0.2, -0.15) is 5.10 Å². The van der Waals surface area contributed by atoms with Gasteiger partial charge in [0.15, 0.2) is 10.8 Å². The highest BCUT2D eigenvalue weighted by atomic mass is 32.1. The molecule has 5 nitrogen and oxygen atoms in total. The first kappa shape index (κ1) is 16.9. The van der Waals surface area contributed by atoms with Gasteiger partial charge in [-0.3, -0.25) is 14.8 Å². The normalized spacial score (nSPS) is 10.3. The Kier molecular flexibility index (Phi) is 4.90. The minimum atomic E-state index is -0.331. The number of aromatic nitrogens is 2. The molecule has 3 aromatic rings. The molecule has 0 saturated heterocycles. The third kappa shape index (κ3) is 4.10. The number of anilines is 1. The molecule has 126 valence electrons. The van der Waals surface area contributed by atoms with Gasteiger partial charge in [0, 0.05) is 18.4 Å². The number of amides is 1. The van der Waals surface area contributed by atoms with Crippen LogP contribution in [-0.2, 0) is 7.05 Å². The van der Waals surface area contributed by atoms with Gasteiger partial charge in [-0.15, -0.1) is 0 Å². The van der Waals surface area contributed by atoms with Crippen molar-refractivity contribution in [2.75, 3.05) is 5.32 Å². The molecule has 2 N–H and O–H groups in total. The molecule has 2 aromatic carbocycles. The highest BCUT2D eigenvalue weighted by Crippen LogP contribution is 2.20. The van der Waals surface area contributed by atoms with Crippen LogP contribution in [0.25, 0.3) is 11.1 Å². The van der Waals surface area contributed by atoms with E-state index in [0.717, 1.165) is 22.5 Å². The molecule has 0 radical (unpaired) electrons. The fourth-order valence-electron chi connectivity index (χ4n) is 2.38. The van der Waals surface area contributed by atoms with Crippen molar-refractivity contribution in [2.24, 2.45) is 7.05 Å². The second-order valence-corrected chi connectivity index (χ2v) is 6.05. The molecule has 3 rings (SSSR count). The Hall–Kier alpha value is -2.99. The number of hydrogen-bond acceptors (Lipinski definition) is 3. The van der Waals surface area contributed by atoms with Crippen LogP contribution < -0.4 is 10.6 Å². The zero-order chi connectivity index (χ0) is 17.8. The molecule has 0 spiro atoms. The van der Waals surface area contributed by atoms with E-state index in [0.29, 0.717) is 5.69 Å². The maximum absolute atomic E-state index is 12.1. The number of thiocarbonyl (C=S) groups is 1. The average Bonchev–Trinajstić information content (AvgIpc) is 2.95. The second kappa shape index (κ2) is 7.27. The van der Waals surface area contributed by atoms with Gasteiger partial charge in [-0.25, -0.2) is 0 Å². The maximum Gasteiger partial charge on any atom is 0.277 e. The van der Waals surface area contributed by atoms with Crippen molar-refractivity contribution in [2.45, 2.75) is 6.92 Å². The Bertz CT molecular complexity index is 881. The van der Waals surface area contributed by atoms with Gasteiger partial charge in [-0.1, -0.05) is 42.5 Å². The second-order valence-electron chi connectivity index (χ2n) is 5.65. The monoisotopic (exact) mass is 350 g/mol. The number of carbonyl (C=O) groups excluding carboxylic acids is 1. The lowest BCUT2D eigenvalue weighted by Crippen LogP contribution is -2.34. The number of carbonyl (C=O) groups is 1. The third-order valence-electron chi connectivity index (χ3n) is 3.82. The molecule has 1 amide bonds. The summed E-state index contributed by atoms with van der Waals surface area (Å²) in [5.74, 6) is -0.331. The summed E-state index contributed by atoms with van der Waals surface area (Å²) in [7, 11) is 1.79. The fourth-order valence-corrected chi connectivity index (χ4v) is 2.59. The lowest BCUT2D eigenvalue weighted by atomic mass is 10.1. The van der Waals surface area contributed by atoms with E-state index < -0.39 is 0 Å². The van der Waals surface area contributed by atoms with Gasteiger partial charge in [0.2, 0.25) is 0 Å². The van der Waals surface area contributed by atoms with Crippen LogP contribution in [0.4, 0.5) is 5.69 Å². The SMILES string of the molecule is Cc1cc(C(=O)NC(=S)Nc2ccc(-c3ccccc3)cc2)nn1C. The molecule has 0 aliphatic carbocycles. The zero-order valence-corrected chi connectivity index (χ0v) is 14.8. The predicted molar refractivity (Wildman–Crippen MR) is 104 cm³/mol. The summed E-state index contributed by atoms with van der Waals surface area (Å²) in [5, 5.41) is 10.0. The lowest BCUT2D eigenvalue weighted by Gasteiger charge is -2.09. The summed E-state index contributed by atoms with van der Waals surface area (Å²) in [6, 6.07) is 19.7. The highest BCUT2D eigenvalue weighted by Gasteiger charge is 2.12. The topological polar surface area (TPSA) is 59.0 Å². The number of nitrogens with zero attached hydrogens (tertiary/aromatic N) is 2. The first-order chi connectivity index (χ1) is 12.0. The number of nitrogens with one attached hydrogen (secondary N) is 2. The van der Waals surface area contributed by atoms with E-state index in [1.54, 1.807) is 17.8 Å². The summed E-state index contributed by atoms with van der Waals surface area (Å²) in [4.78, 5) is 12.1. The van der Waals surface area contributed by atoms with Crippen LogP contribution in [0, 0.1) is 6.92 Å². The van der Waals surface area contributed by atoms with Crippen LogP contribution in [0.15, 0.2) is 60.7 Å². The highest BCUT2D eigenvalue weighted by molar-refractivity contribution is 7.80. The smallest absolute Gasteiger partial charge is 0.277 e. The molecular weight excluding hydrogens is 332 g/mol. The summed E-state index contributed by atoms with van der Waals surface area (Å²) < 4.78 is 1.65. The molecule has 0 fully saturated rings. The maximum atomic E-state index is 12.1. The molecule has 0 aliphatic heterocycles. The van der Waals surface area contributed by atoms with Crippen molar-refractivity contribution >= 4 is 28.9 Å². The molecule has 25 heavy (non-hydrogen) atoms. The molecule has 6 heteroatoms. The quantitative estimate of drug-likeness (QED) is 0.710. The van der Waals surface area contributed by atoms with Crippen LogP contribution >= 0.6 is 12.2 Å². The number of hydrogen-bond donors (Lipinski definition) is 2. The minimum Gasteiger partial charge on any atom is -0.332 e. The Balaban J connectivity index is 1.62. The van der Waals surface area contributed by atoms with Crippen molar-refractivity contribution in [3.63, 3.8) is 0 Å². The summed E-state index contributed by atoms with van der Waals surface area (Å²) in [6.07, 6.45) is 0. The van der Waals surface area contributed by atoms with E-state index in [2.05, 4.69) is 27.9 Å². The van der Waals surface area contributed by atoms with Crippen LogP contribution in [0.1, 0.15) is 16.2 Å². The molecule has 0 aliphatic rings. The molecule has 1 heterocycles.